The summed E-state index contributed by atoms with van der Waals surface area (Å²) >= 11 is 0. The summed E-state index contributed by atoms with van der Waals surface area (Å²) in [6.45, 7) is 3.80. The van der Waals surface area contributed by atoms with Crippen molar-refractivity contribution in [3.05, 3.63) is 35.6 Å². The smallest absolute Gasteiger partial charge is 0.234 e. The van der Waals surface area contributed by atoms with E-state index in [9.17, 15) is 9.18 Å². The first-order valence-corrected chi connectivity index (χ1v) is 5.35. The highest BCUT2D eigenvalue weighted by Crippen LogP contribution is 2.14. The van der Waals surface area contributed by atoms with Crippen molar-refractivity contribution >= 4 is 5.91 Å². The molecule has 0 spiro atoms. The topological polar surface area (TPSA) is 55.1 Å². The van der Waals surface area contributed by atoms with E-state index in [1.807, 2.05) is 13.8 Å². The number of nitrogens with one attached hydrogen (secondary N) is 1. The molecule has 2 atom stereocenters. The molecule has 3 N–H and O–H groups in total. The van der Waals surface area contributed by atoms with Crippen LogP contribution >= 0.6 is 0 Å². The number of rotatable bonds is 5. The number of nitrogens with two attached hydrogens (primary N) is 1. The van der Waals surface area contributed by atoms with E-state index in [0.29, 0.717) is 6.42 Å². The van der Waals surface area contributed by atoms with Gasteiger partial charge in [0.1, 0.15) is 5.82 Å². The Kier molecular flexibility index (Phi) is 4.43. The summed E-state index contributed by atoms with van der Waals surface area (Å²) in [4.78, 5) is 11.1. The minimum atomic E-state index is -0.364. The van der Waals surface area contributed by atoms with Crippen LogP contribution in [-0.4, -0.2) is 11.9 Å². The molecule has 4 heteroatoms. The molecule has 0 aromatic heterocycles. The van der Waals surface area contributed by atoms with Crippen LogP contribution in [0.1, 0.15) is 31.9 Å². The fraction of sp³-hybridized carbons (Fsp3) is 0.417. The van der Waals surface area contributed by atoms with Crippen molar-refractivity contribution < 1.29 is 9.18 Å². The number of hydrogen-bond donors (Lipinski definition) is 2. The van der Waals surface area contributed by atoms with Crippen LogP contribution in [0.5, 0.6) is 0 Å². The maximum atomic E-state index is 12.7. The Hall–Kier alpha value is -1.42. The molecule has 16 heavy (non-hydrogen) atoms. The van der Waals surface area contributed by atoms with Crippen molar-refractivity contribution in [2.45, 2.75) is 32.4 Å². The van der Waals surface area contributed by atoms with Crippen LogP contribution in [-0.2, 0) is 4.79 Å². The SMILES string of the molecule is CCC(N[C@@H](C)c1ccc(F)cc1)C(N)=O. The molecular weight excluding hydrogens is 207 g/mol. The van der Waals surface area contributed by atoms with E-state index in [1.165, 1.54) is 12.1 Å². The molecule has 3 nitrogen and oxygen atoms in total. The van der Waals surface area contributed by atoms with Crippen molar-refractivity contribution in [2.75, 3.05) is 0 Å². The maximum Gasteiger partial charge on any atom is 0.234 e. The largest absolute Gasteiger partial charge is 0.368 e. The van der Waals surface area contributed by atoms with Gasteiger partial charge in [0.25, 0.3) is 0 Å². The molecule has 1 aromatic rings. The second-order valence-corrected chi connectivity index (χ2v) is 3.80. The second kappa shape index (κ2) is 5.61. The Morgan fingerprint density at radius 1 is 1.44 bits per heavy atom. The zero-order valence-corrected chi connectivity index (χ0v) is 9.53. The first kappa shape index (κ1) is 12.6. The summed E-state index contributed by atoms with van der Waals surface area (Å²) in [6, 6.07) is 5.82. The number of hydrogen-bond acceptors (Lipinski definition) is 2. The lowest BCUT2D eigenvalue weighted by Crippen LogP contribution is -2.41. The number of benzene rings is 1. The van der Waals surface area contributed by atoms with Crippen molar-refractivity contribution in [1.29, 1.82) is 0 Å². The minimum Gasteiger partial charge on any atom is -0.368 e. The van der Waals surface area contributed by atoms with Crippen LogP contribution in [0.4, 0.5) is 4.39 Å². The van der Waals surface area contributed by atoms with Gasteiger partial charge in [-0.1, -0.05) is 19.1 Å². The summed E-state index contributed by atoms with van der Waals surface area (Å²) in [6.07, 6.45) is 0.640. The highest BCUT2D eigenvalue weighted by molar-refractivity contribution is 5.79. The van der Waals surface area contributed by atoms with Gasteiger partial charge < -0.3 is 5.73 Å². The van der Waals surface area contributed by atoms with Crippen LogP contribution in [0.3, 0.4) is 0 Å². The molecular formula is C12H17FN2O. The van der Waals surface area contributed by atoms with Crippen molar-refractivity contribution in [3.8, 4) is 0 Å². The number of carbonyl (C=O) groups is 1. The van der Waals surface area contributed by atoms with Crippen LogP contribution in [0.25, 0.3) is 0 Å². The first-order chi connectivity index (χ1) is 7.54. The second-order valence-electron chi connectivity index (χ2n) is 3.80. The minimum absolute atomic E-state index is 0.0296. The zero-order chi connectivity index (χ0) is 12.1. The summed E-state index contributed by atoms with van der Waals surface area (Å²) in [5.41, 5.74) is 6.17. The number of halogens is 1. The van der Waals surface area contributed by atoms with Gasteiger partial charge in [-0.2, -0.15) is 0 Å². The van der Waals surface area contributed by atoms with Gasteiger partial charge in [-0.25, -0.2) is 4.39 Å². The number of amides is 1. The van der Waals surface area contributed by atoms with Gasteiger partial charge in [0, 0.05) is 6.04 Å². The van der Waals surface area contributed by atoms with E-state index >= 15 is 0 Å². The third kappa shape index (κ3) is 3.31. The van der Waals surface area contributed by atoms with Gasteiger partial charge in [-0.15, -0.1) is 0 Å². The van der Waals surface area contributed by atoms with Gasteiger partial charge in [-0.3, -0.25) is 10.1 Å². The highest BCUT2D eigenvalue weighted by atomic mass is 19.1. The molecule has 1 aromatic carbocycles. The third-order valence-electron chi connectivity index (χ3n) is 2.57. The predicted octanol–water partition coefficient (Wildman–Crippen LogP) is 1.74. The molecule has 1 unspecified atom stereocenters. The fourth-order valence-electron chi connectivity index (χ4n) is 1.55. The molecule has 0 radical (unpaired) electrons. The molecule has 1 amide bonds. The molecule has 0 aliphatic rings. The molecule has 0 aliphatic heterocycles. The average Bonchev–Trinajstić information content (AvgIpc) is 2.26. The molecule has 0 bridgehead atoms. The Bertz CT molecular complexity index is 351. The molecule has 0 fully saturated rings. The van der Waals surface area contributed by atoms with Gasteiger partial charge in [0.2, 0.25) is 5.91 Å². The summed E-state index contributed by atoms with van der Waals surface area (Å²) in [5.74, 6) is -0.630. The van der Waals surface area contributed by atoms with Crippen LogP contribution < -0.4 is 11.1 Å². The summed E-state index contributed by atoms with van der Waals surface area (Å²) in [5, 5.41) is 3.10. The van der Waals surface area contributed by atoms with Crippen LogP contribution in [0, 0.1) is 5.82 Å². The lowest BCUT2D eigenvalue weighted by atomic mass is 10.1. The van der Waals surface area contributed by atoms with Crippen LogP contribution in [0.2, 0.25) is 0 Å². The monoisotopic (exact) mass is 224 g/mol. The standard InChI is InChI=1S/C12H17FN2O/c1-3-11(12(14)16)15-8(2)9-4-6-10(13)7-5-9/h4-8,11,15H,3H2,1-2H3,(H2,14,16)/t8-,11?/m0/s1. The maximum absolute atomic E-state index is 12.7. The first-order valence-electron chi connectivity index (χ1n) is 5.35. The van der Waals surface area contributed by atoms with E-state index in [-0.39, 0.29) is 23.8 Å². The lowest BCUT2D eigenvalue weighted by molar-refractivity contribution is -0.120. The van der Waals surface area contributed by atoms with Gasteiger partial charge in [0.05, 0.1) is 6.04 Å². The lowest BCUT2D eigenvalue weighted by Gasteiger charge is -2.20. The average molecular weight is 224 g/mol. The number of primary amides is 1. The Morgan fingerprint density at radius 2 is 2.00 bits per heavy atom. The zero-order valence-electron chi connectivity index (χ0n) is 9.53. The van der Waals surface area contributed by atoms with Crippen molar-refractivity contribution in [1.82, 2.24) is 5.32 Å². The Labute approximate surface area is 94.8 Å². The molecule has 0 aliphatic carbocycles. The molecule has 88 valence electrons. The van der Waals surface area contributed by atoms with Crippen molar-refractivity contribution in [2.24, 2.45) is 5.73 Å². The predicted molar refractivity (Wildman–Crippen MR) is 61.2 cm³/mol. The van der Waals surface area contributed by atoms with Gasteiger partial charge in [-0.05, 0) is 31.0 Å². The van der Waals surface area contributed by atoms with E-state index in [0.717, 1.165) is 5.56 Å². The van der Waals surface area contributed by atoms with Gasteiger partial charge >= 0.3 is 0 Å². The fourth-order valence-corrected chi connectivity index (χ4v) is 1.55. The van der Waals surface area contributed by atoms with E-state index < -0.39 is 0 Å². The van der Waals surface area contributed by atoms with Crippen LogP contribution in [0.15, 0.2) is 24.3 Å². The molecule has 1 rings (SSSR count). The Morgan fingerprint density at radius 3 is 2.44 bits per heavy atom. The molecule has 0 heterocycles. The normalized spacial score (nSPS) is 14.4. The Balaban J connectivity index is 2.67. The van der Waals surface area contributed by atoms with E-state index in [4.69, 9.17) is 5.73 Å². The van der Waals surface area contributed by atoms with Gasteiger partial charge in [0.15, 0.2) is 0 Å². The number of carbonyl (C=O) groups excluding carboxylic acids is 1. The highest BCUT2D eigenvalue weighted by Gasteiger charge is 2.16. The van der Waals surface area contributed by atoms with E-state index in [1.54, 1.807) is 12.1 Å². The quantitative estimate of drug-likeness (QED) is 0.800. The molecule has 0 saturated carbocycles. The summed E-state index contributed by atoms with van der Waals surface area (Å²) < 4.78 is 12.7. The molecule has 0 saturated heterocycles. The van der Waals surface area contributed by atoms with Crippen molar-refractivity contribution in [3.63, 3.8) is 0 Å². The summed E-state index contributed by atoms with van der Waals surface area (Å²) in [7, 11) is 0. The van der Waals surface area contributed by atoms with E-state index in [2.05, 4.69) is 5.32 Å². The third-order valence-corrected chi connectivity index (χ3v) is 2.57.